The third-order valence-corrected chi connectivity index (χ3v) is 3.28. The van der Waals surface area contributed by atoms with Crippen LogP contribution in [-0.4, -0.2) is 33.7 Å². The van der Waals surface area contributed by atoms with Gasteiger partial charge >= 0.3 is 6.03 Å². The third kappa shape index (κ3) is 2.55. The van der Waals surface area contributed by atoms with E-state index in [1.807, 2.05) is 37.3 Å². The molecule has 0 saturated heterocycles. The summed E-state index contributed by atoms with van der Waals surface area (Å²) in [6.45, 7) is 2.69. The number of hydrogen-bond acceptors (Lipinski definition) is 4. The summed E-state index contributed by atoms with van der Waals surface area (Å²) in [4.78, 5) is 15.1. The van der Waals surface area contributed by atoms with Crippen LogP contribution in [0.5, 0.6) is 0 Å². The van der Waals surface area contributed by atoms with Crippen molar-refractivity contribution in [1.82, 2.24) is 9.80 Å². The van der Waals surface area contributed by atoms with Crippen LogP contribution >= 0.6 is 0 Å². The summed E-state index contributed by atoms with van der Waals surface area (Å²) in [5.41, 5.74) is 12.8. The van der Waals surface area contributed by atoms with E-state index in [-0.39, 0.29) is 17.5 Å². The molecule has 0 saturated carbocycles. The van der Waals surface area contributed by atoms with E-state index in [4.69, 9.17) is 11.5 Å². The van der Waals surface area contributed by atoms with Crippen molar-refractivity contribution < 1.29 is 9.90 Å². The molecular weight excluding hydrogens is 256 g/mol. The first kappa shape index (κ1) is 14.2. The quantitative estimate of drug-likeness (QED) is 0.755. The minimum absolute atomic E-state index is 0.119. The first-order valence-electron chi connectivity index (χ1n) is 6.61. The summed E-state index contributed by atoms with van der Waals surface area (Å²) < 4.78 is 0. The van der Waals surface area contributed by atoms with E-state index in [1.54, 1.807) is 0 Å². The molecule has 0 aliphatic carbocycles. The van der Waals surface area contributed by atoms with Crippen molar-refractivity contribution in [2.45, 2.75) is 26.1 Å². The predicted molar refractivity (Wildman–Crippen MR) is 75.8 cm³/mol. The Bertz CT molecular complexity index is 515. The Morgan fingerprint density at radius 1 is 1.25 bits per heavy atom. The molecular formula is C14H20N4O2. The molecule has 108 valence electrons. The lowest BCUT2D eigenvalue weighted by Crippen LogP contribution is -2.56. The molecule has 0 spiro atoms. The van der Waals surface area contributed by atoms with Crippen molar-refractivity contribution in [2.24, 2.45) is 11.5 Å². The molecule has 1 aliphatic heterocycles. The number of aliphatic hydroxyl groups excluding tert-OH is 1. The van der Waals surface area contributed by atoms with E-state index in [2.05, 4.69) is 0 Å². The van der Waals surface area contributed by atoms with Crippen LogP contribution in [0.1, 0.15) is 18.9 Å². The Kier molecular flexibility index (Phi) is 4.14. The van der Waals surface area contributed by atoms with Gasteiger partial charge in [0.25, 0.3) is 0 Å². The summed E-state index contributed by atoms with van der Waals surface area (Å²) in [6, 6.07) is 9.19. The van der Waals surface area contributed by atoms with Crippen molar-refractivity contribution >= 4 is 6.03 Å². The Morgan fingerprint density at radius 2 is 1.90 bits per heavy atom. The summed E-state index contributed by atoms with van der Waals surface area (Å²) in [5.74, 6) is 0.124. The molecule has 1 unspecified atom stereocenters. The van der Waals surface area contributed by atoms with Gasteiger partial charge in [0.15, 0.2) is 6.23 Å². The highest BCUT2D eigenvalue weighted by Gasteiger charge is 2.36. The molecule has 5 N–H and O–H groups in total. The minimum Gasteiger partial charge on any atom is -0.395 e. The van der Waals surface area contributed by atoms with Crippen molar-refractivity contribution in [3.05, 3.63) is 47.4 Å². The molecule has 2 amide bonds. The summed E-state index contributed by atoms with van der Waals surface area (Å²) >= 11 is 0. The molecule has 6 nitrogen and oxygen atoms in total. The van der Waals surface area contributed by atoms with Gasteiger partial charge in [0, 0.05) is 6.54 Å². The van der Waals surface area contributed by atoms with Gasteiger partial charge in [-0.15, -0.1) is 0 Å². The van der Waals surface area contributed by atoms with E-state index in [0.717, 1.165) is 12.0 Å². The molecule has 1 aliphatic rings. The molecule has 1 heterocycles. The van der Waals surface area contributed by atoms with E-state index in [0.29, 0.717) is 13.1 Å². The maximum absolute atomic E-state index is 12.4. The Hall–Kier alpha value is -2.21. The lowest BCUT2D eigenvalue weighted by molar-refractivity contribution is 0.0297. The highest BCUT2D eigenvalue weighted by Crippen LogP contribution is 2.21. The SMILES string of the molecule is CCCN1C(=O)N(Cc2ccccc2)C(N)=C(N)C1O. The van der Waals surface area contributed by atoms with Gasteiger partial charge in [0.05, 0.1) is 12.2 Å². The van der Waals surface area contributed by atoms with E-state index in [1.165, 1.54) is 9.80 Å². The molecule has 2 rings (SSSR count). The average molecular weight is 276 g/mol. The Morgan fingerprint density at radius 3 is 2.50 bits per heavy atom. The van der Waals surface area contributed by atoms with E-state index >= 15 is 0 Å². The van der Waals surface area contributed by atoms with Gasteiger partial charge in [-0.25, -0.2) is 4.79 Å². The van der Waals surface area contributed by atoms with Gasteiger partial charge in [-0.05, 0) is 12.0 Å². The van der Waals surface area contributed by atoms with Crippen LogP contribution in [-0.2, 0) is 6.54 Å². The monoisotopic (exact) mass is 276 g/mol. The van der Waals surface area contributed by atoms with E-state index < -0.39 is 6.23 Å². The molecule has 0 fully saturated rings. The maximum Gasteiger partial charge on any atom is 0.328 e. The molecule has 1 aromatic carbocycles. The average Bonchev–Trinajstić information content (AvgIpc) is 2.47. The zero-order chi connectivity index (χ0) is 14.7. The Balaban J connectivity index is 2.29. The zero-order valence-electron chi connectivity index (χ0n) is 11.5. The summed E-state index contributed by atoms with van der Waals surface area (Å²) in [5, 5.41) is 10.0. The van der Waals surface area contributed by atoms with Crippen LogP contribution < -0.4 is 11.5 Å². The fourth-order valence-corrected chi connectivity index (χ4v) is 2.20. The van der Waals surface area contributed by atoms with Crippen LogP contribution in [0.25, 0.3) is 0 Å². The van der Waals surface area contributed by atoms with Crippen LogP contribution in [0.4, 0.5) is 4.79 Å². The number of hydrogen-bond donors (Lipinski definition) is 3. The molecule has 0 radical (unpaired) electrons. The molecule has 20 heavy (non-hydrogen) atoms. The predicted octanol–water partition coefficient (Wildman–Crippen LogP) is 0.739. The second-order valence-electron chi connectivity index (χ2n) is 4.76. The fraction of sp³-hybridized carbons (Fsp3) is 0.357. The number of urea groups is 1. The number of benzene rings is 1. The van der Waals surface area contributed by atoms with Crippen LogP contribution in [0.2, 0.25) is 0 Å². The molecule has 0 bridgehead atoms. The van der Waals surface area contributed by atoms with Crippen molar-refractivity contribution in [3.63, 3.8) is 0 Å². The maximum atomic E-state index is 12.4. The van der Waals surface area contributed by atoms with Gasteiger partial charge in [0.1, 0.15) is 5.82 Å². The van der Waals surface area contributed by atoms with Gasteiger partial charge in [-0.3, -0.25) is 9.80 Å². The molecule has 1 aromatic rings. The first-order chi connectivity index (χ1) is 9.56. The first-order valence-corrected chi connectivity index (χ1v) is 6.61. The second-order valence-corrected chi connectivity index (χ2v) is 4.76. The lowest BCUT2D eigenvalue weighted by atomic mass is 10.2. The number of amides is 2. The number of nitrogens with two attached hydrogens (primary N) is 2. The van der Waals surface area contributed by atoms with Gasteiger partial charge in [0.2, 0.25) is 0 Å². The zero-order valence-corrected chi connectivity index (χ0v) is 11.5. The van der Waals surface area contributed by atoms with Crippen LogP contribution in [0.3, 0.4) is 0 Å². The number of aliphatic hydroxyl groups is 1. The second kappa shape index (κ2) is 5.83. The number of nitrogens with zero attached hydrogens (tertiary/aromatic N) is 2. The highest BCUT2D eigenvalue weighted by atomic mass is 16.3. The Labute approximate surface area is 118 Å². The fourth-order valence-electron chi connectivity index (χ4n) is 2.20. The van der Waals surface area contributed by atoms with Crippen LogP contribution in [0.15, 0.2) is 41.8 Å². The van der Waals surface area contributed by atoms with Crippen molar-refractivity contribution in [1.29, 1.82) is 0 Å². The minimum atomic E-state index is -1.14. The van der Waals surface area contributed by atoms with Crippen molar-refractivity contribution in [3.8, 4) is 0 Å². The van der Waals surface area contributed by atoms with Crippen molar-refractivity contribution in [2.75, 3.05) is 6.54 Å². The number of carbonyl (C=O) groups is 1. The number of rotatable bonds is 4. The molecule has 1 atom stereocenters. The highest BCUT2D eigenvalue weighted by molar-refractivity contribution is 5.78. The van der Waals surface area contributed by atoms with E-state index in [9.17, 15) is 9.90 Å². The van der Waals surface area contributed by atoms with Gasteiger partial charge in [-0.2, -0.15) is 0 Å². The molecule has 0 aromatic heterocycles. The number of carbonyl (C=O) groups excluding carboxylic acids is 1. The third-order valence-electron chi connectivity index (χ3n) is 3.28. The smallest absolute Gasteiger partial charge is 0.328 e. The van der Waals surface area contributed by atoms with Gasteiger partial charge < -0.3 is 16.6 Å². The standard InChI is InChI=1S/C14H20N4O2/c1-2-8-17-13(19)11(15)12(16)18(14(17)20)9-10-6-4-3-5-7-10/h3-7,13,19H,2,8-9,15-16H2,1H3. The normalized spacial score (nSPS) is 19.7. The van der Waals surface area contributed by atoms with Crippen LogP contribution in [0, 0.1) is 0 Å². The largest absolute Gasteiger partial charge is 0.395 e. The summed E-state index contributed by atoms with van der Waals surface area (Å²) in [7, 11) is 0. The topological polar surface area (TPSA) is 95.8 Å². The summed E-state index contributed by atoms with van der Waals surface area (Å²) in [6.07, 6.45) is -0.413. The lowest BCUT2D eigenvalue weighted by Gasteiger charge is -2.39. The van der Waals surface area contributed by atoms with Gasteiger partial charge in [-0.1, -0.05) is 37.3 Å². The molecule has 6 heteroatoms.